The van der Waals surface area contributed by atoms with Gasteiger partial charge in [-0.3, -0.25) is 0 Å². The summed E-state index contributed by atoms with van der Waals surface area (Å²) in [5.74, 6) is -12.3. The highest BCUT2D eigenvalue weighted by molar-refractivity contribution is 4.87. The molecule has 0 aliphatic rings. The van der Waals surface area contributed by atoms with Gasteiger partial charge in [0.25, 0.3) is 0 Å². The molecule has 0 aliphatic heterocycles. The highest BCUT2D eigenvalue weighted by Crippen LogP contribution is 2.39. The summed E-state index contributed by atoms with van der Waals surface area (Å²) in [6.07, 6.45) is -2.86. The molecule has 0 nitrogen and oxygen atoms in total. The largest absolute Gasteiger partial charge is 0.310 e. The standard InChI is InChI=1S/C7H9F6/c1-5(8,9)3-4-7(12,13)6(2,10)11/h2-4H2,1H3. The van der Waals surface area contributed by atoms with Gasteiger partial charge in [-0.05, 0) is 6.92 Å². The molecule has 1 radical (unpaired) electrons. The fourth-order valence-electron chi connectivity index (χ4n) is 0.559. The van der Waals surface area contributed by atoms with E-state index in [0.29, 0.717) is 6.92 Å². The van der Waals surface area contributed by atoms with Crippen molar-refractivity contribution in [3.63, 3.8) is 0 Å². The zero-order valence-electron chi connectivity index (χ0n) is 6.89. The predicted molar refractivity (Wildman–Crippen MR) is 35.1 cm³/mol. The molecule has 0 aromatic carbocycles. The molecule has 0 bridgehead atoms. The third-order valence-electron chi connectivity index (χ3n) is 1.41. The van der Waals surface area contributed by atoms with Gasteiger partial charge in [0.1, 0.15) is 0 Å². The van der Waals surface area contributed by atoms with Crippen LogP contribution in [0.1, 0.15) is 19.8 Å². The van der Waals surface area contributed by atoms with Crippen molar-refractivity contribution in [1.29, 1.82) is 0 Å². The van der Waals surface area contributed by atoms with E-state index in [2.05, 4.69) is 0 Å². The van der Waals surface area contributed by atoms with Gasteiger partial charge in [0.15, 0.2) is 0 Å². The van der Waals surface area contributed by atoms with Crippen LogP contribution in [-0.2, 0) is 0 Å². The summed E-state index contributed by atoms with van der Waals surface area (Å²) >= 11 is 0. The van der Waals surface area contributed by atoms with Crippen molar-refractivity contribution in [3.8, 4) is 0 Å². The normalized spacial score (nSPS) is 14.8. The molecule has 6 heteroatoms. The van der Waals surface area contributed by atoms with Crippen LogP contribution in [0.4, 0.5) is 26.3 Å². The molecular formula is C7H9F6. The first-order valence-corrected chi connectivity index (χ1v) is 3.44. The van der Waals surface area contributed by atoms with Gasteiger partial charge in [-0.25, -0.2) is 8.78 Å². The van der Waals surface area contributed by atoms with Crippen LogP contribution in [-0.4, -0.2) is 17.8 Å². The summed E-state index contributed by atoms with van der Waals surface area (Å²) in [6.45, 7) is 2.31. The third kappa shape index (κ3) is 4.38. The lowest BCUT2D eigenvalue weighted by atomic mass is 10.1. The van der Waals surface area contributed by atoms with E-state index in [9.17, 15) is 26.3 Å². The molecule has 13 heavy (non-hydrogen) atoms. The average molecular weight is 207 g/mol. The molecular weight excluding hydrogens is 198 g/mol. The first-order chi connectivity index (χ1) is 5.46. The van der Waals surface area contributed by atoms with Crippen molar-refractivity contribution in [3.05, 3.63) is 6.92 Å². The van der Waals surface area contributed by atoms with Gasteiger partial charge in [-0.2, -0.15) is 17.6 Å². The molecule has 0 spiro atoms. The molecule has 0 heterocycles. The summed E-state index contributed by atoms with van der Waals surface area (Å²) in [5.41, 5.74) is 0. The molecule has 0 amide bonds. The van der Waals surface area contributed by atoms with Gasteiger partial charge >= 0.3 is 11.8 Å². The minimum absolute atomic E-state index is 0.393. The second kappa shape index (κ2) is 3.38. The maximum absolute atomic E-state index is 12.3. The van der Waals surface area contributed by atoms with Crippen LogP contribution in [0.2, 0.25) is 0 Å². The molecule has 0 saturated heterocycles. The van der Waals surface area contributed by atoms with Crippen molar-refractivity contribution in [2.75, 3.05) is 0 Å². The van der Waals surface area contributed by atoms with Crippen LogP contribution < -0.4 is 0 Å². The second-order valence-corrected chi connectivity index (χ2v) is 2.98. The molecule has 0 aromatic rings. The van der Waals surface area contributed by atoms with E-state index >= 15 is 0 Å². The van der Waals surface area contributed by atoms with Crippen molar-refractivity contribution in [2.45, 2.75) is 37.5 Å². The van der Waals surface area contributed by atoms with E-state index in [1.807, 2.05) is 6.92 Å². The lowest BCUT2D eigenvalue weighted by molar-refractivity contribution is -0.192. The van der Waals surface area contributed by atoms with Crippen LogP contribution in [0, 0.1) is 6.92 Å². The summed E-state index contributed by atoms with van der Waals surface area (Å²) in [4.78, 5) is 0. The molecule has 0 rings (SSSR count). The van der Waals surface area contributed by atoms with Crippen LogP contribution in [0.3, 0.4) is 0 Å². The molecule has 79 valence electrons. The first kappa shape index (κ1) is 12.6. The van der Waals surface area contributed by atoms with E-state index in [1.54, 1.807) is 0 Å². The topological polar surface area (TPSA) is 0 Å². The quantitative estimate of drug-likeness (QED) is 0.618. The minimum atomic E-state index is -4.50. The predicted octanol–water partition coefficient (Wildman–Crippen LogP) is 3.53. The van der Waals surface area contributed by atoms with Crippen LogP contribution in [0.25, 0.3) is 0 Å². The fraction of sp³-hybridized carbons (Fsp3) is 0.857. The number of hydrogen-bond donors (Lipinski definition) is 0. The SMILES string of the molecule is [CH2]C(F)(F)C(F)(F)CCC(C)(F)F. The second-order valence-electron chi connectivity index (χ2n) is 2.98. The molecule has 0 unspecified atom stereocenters. The van der Waals surface area contributed by atoms with E-state index in [4.69, 9.17) is 0 Å². The average Bonchev–Trinajstić information content (AvgIpc) is 1.79. The lowest BCUT2D eigenvalue weighted by Crippen LogP contribution is -2.38. The number of rotatable bonds is 4. The molecule has 0 atom stereocenters. The number of halogens is 6. The summed E-state index contributed by atoms with van der Waals surface area (Å²) in [5, 5.41) is 0. The monoisotopic (exact) mass is 207 g/mol. The highest BCUT2D eigenvalue weighted by Gasteiger charge is 2.52. The molecule has 0 saturated carbocycles. The van der Waals surface area contributed by atoms with E-state index in [1.165, 1.54) is 0 Å². The van der Waals surface area contributed by atoms with Crippen LogP contribution in [0.15, 0.2) is 0 Å². The zero-order chi connectivity index (χ0) is 10.9. The Morgan fingerprint density at radius 3 is 1.54 bits per heavy atom. The fourth-order valence-corrected chi connectivity index (χ4v) is 0.559. The Morgan fingerprint density at radius 2 is 1.31 bits per heavy atom. The Morgan fingerprint density at radius 1 is 0.923 bits per heavy atom. The van der Waals surface area contributed by atoms with Crippen molar-refractivity contribution in [2.24, 2.45) is 0 Å². The van der Waals surface area contributed by atoms with E-state index < -0.39 is 30.6 Å². The molecule has 0 aromatic heterocycles. The Labute approximate surface area is 71.9 Å². The zero-order valence-corrected chi connectivity index (χ0v) is 6.89. The third-order valence-corrected chi connectivity index (χ3v) is 1.41. The summed E-state index contributed by atoms with van der Waals surface area (Å²) < 4.78 is 72.7. The number of alkyl halides is 6. The Bertz CT molecular complexity index is 163. The van der Waals surface area contributed by atoms with Gasteiger partial charge < -0.3 is 0 Å². The van der Waals surface area contributed by atoms with Gasteiger partial charge in [0.05, 0.1) is 0 Å². The van der Waals surface area contributed by atoms with Gasteiger partial charge in [0, 0.05) is 19.8 Å². The first-order valence-electron chi connectivity index (χ1n) is 3.44. The van der Waals surface area contributed by atoms with Gasteiger partial charge in [0.2, 0.25) is 5.92 Å². The number of hydrogen-bond acceptors (Lipinski definition) is 0. The van der Waals surface area contributed by atoms with Crippen LogP contribution >= 0.6 is 0 Å². The summed E-state index contributed by atoms with van der Waals surface area (Å²) in [6, 6.07) is 0. The minimum Gasteiger partial charge on any atom is -0.207 e. The van der Waals surface area contributed by atoms with Gasteiger partial charge in [-0.15, -0.1) is 0 Å². The summed E-state index contributed by atoms with van der Waals surface area (Å²) in [7, 11) is 0. The van der Waals surface area contributed by atoms with Crippen molar-refractivity contribution < 1.29 is 26.3 Å². The lowest BCUT2D eigenvalue weighted by Gasteiger charge is -2.23. The van der Waals surface area contributed by atoms with Gasteiger partial charge in [-0.1, -0.05) is 0 Å². The van der Waals surface area contributed by atoms with E-state index in [0.717, 1.165) is 0 Å². The van der Waals surface area contributed by atoms with Crippen molar-refractivity contribution in [1.82, 2.24) is 0 Å². The maximum Gasteiger partial charge on any atom is 0.310 e. The molecule has 0 fully saturated rings. The Kier molecular flexibility index (Phi) is 3.27. The highest BCUT2D eigenvalue weighted by atomic mass is 19.3. The van der Waals surface area contributed by atoms with Crippen LogP contribution in [0.5, 0.6) is 0 Å². The smallest absolute Gasteiger partial charge is 0.207 e. The maximum atomic E-state index is 12.3. The van der Waals surface area contributed by atoms with E-state index in [-0.39, 0.29) is 0 Å². The molecule has 0 N–H and O–H groups in total. The molecule has 0 aliphatic carbocycles. The Balaban J connectivity index is 4.21. The Hall–Kier alpha value is -0.420. The van der Waals surface area contributed by atoms with Crippen molar-refractivity contribution >= 4 is 0 Å².